The molecule has 0 spiro atoms. The van der Waals surface area contributed by atoms with Crippen molar-refractivity contribution in [1.82, 2.24) is 20.4 Å². The van der Waals surface area contributed by atoms with Gasteiger partial charge in [-0.1, -0.05) is 60.7 Å². The Morgan fingerprint density at radius 1 is 0.635 bits per heavy atom. The highest BCUT2D eigenvalue weighted by atomic mass is 32.2. The lowest BCUT2D eigenvalue weighted by molar-refractivity contribution is -0.143. The zero-order valence-electron chi connectivity index (χ0n) is 35.3. The second-order valence-corrected chi connectivity index (χ2v) is 17.4. The molecule has 2 heterocycles. The molecule has 8 rings (SSSR count). The van der Waals surface area contributed by atoms with Crippen LogP contribution < -0.4 is 20.1 Å². The van der Waals surface area contributed by atoms with E-state index in [1.165, 1.54) is 43.8 Å². The molecule has 0 aromatic heterocycles. The number of carbonyl (C=O) groups is 2. The molecule has 8 nitrogen and oxygen atoms in total. The third-order valence-corrected chi connectivity index (χ3v) is 13.5. The van der Waals surface area contributed by atoms with Crippen LogP contribution in [0.4, 0.5) is 30.7 Å². The molecule has 2 atom stereocenters. The number of likely N-dealkylation sites (tertiary alicyclic amines) is 2. The molecule has 4 fully saturated rings. The topological polar surface area (TPSA) is 83.1 Å². The molecule has 2 unspecified atom stereocenters. The standard InChI is InChI=1S/C24H24F6N2O2.C23H27FN2O2S/c1-34-18-14-16(23(25,26)27)13-17(24(28,29)30)19(18)21(33)31-20(15-7-3-2-4-8-15)22(9-10-22)32-11-5-6-12-32;1-28-18-14-17(24)15-19(29-2)20(18)22(27)25-21(16-8-4-3-5-9-16)23(10-11-23)26-12-6-7-13-26/h2-4,7-8,13-14,20H,5-6,9-12H2,1H3,(H,31,33);3-5,8-9,14-15,21H,6-7,10-13H2,1-2H3,(H,25,27). The summed E-state index contributed by atoms with van der Waals surface area (Å²) in [5.41, 5.74) is -2.42. The van der Waals surface area contributed by atoms with E-state index in [0.717, 1.165) is 82.9 Å². The lowest BCUT2D eigenvalue weighted by Crippen LogP contribution is -2.47. The number of hydrogen-bond donors (Lipinski definition) is 2. The molecule has 4 aromatic rings. The summed E-state index contributed by atoms with van der Waals surface area (Å²) in [6, 6.07) is 21.4. The van der Waals surface area contributed by atoms with Gasteiger partial charge in [0.2, 0.25) is 0 Å². The lowest BCUT2D eigenvalue weighted by atomic mass is 9.94. The number of alkyl halides is 6. The molecule has 2 aliphatic heterocycles. The summed E-state index contributed by atoms with van der Waals surface area (Å²) in [5.74, 6) is -2.26. The number of thioether (sulfide) groups is 1. The largest absolute Gasteiger partial charge is 0.496 e. The highest BCUT2D eigenvalue weighted by Crippen LogP contribution is 2.54. The van der Waals surface area contributed by atoms with Crippen molar-refractivity contribution in [3.63, 3.8) is 0 Å². The van der Waals surface area contributed by atoms with E-state index in [4.69, 9.17) is 9.47 Å². The maximum Gasteiger partial charge on any atom is 0.417 e. The van der Waals surface area contributed by atoms with Gasteiger partial charge in [0.05, 0.1) is 48.6 Å². The summed E-state index contributed by atoms with van der Waals surface area (Å²) in [6.07, 6.45) is -0.355. The van der Waals surface area contributed by atoms with Crippen LogP contribution >= 0.6 is 11.8 Å². The molecule has 2 aliphatic carbocycles. The molecule has 2 saturated carbocycles. The fourth-order valence-corrected chi connectivity index (χ4v) is 10.0. The number of ether oxygens (including phenoxy) is 2. The third kappa shape index (κ3) is 9.82. The first-order chi connectivity index (χ1) is 30.1. The smallest absolute Gasteiger partial charge is 0.417 e. The van der Waals surface area contributed by atoms with E-state index in [1.54, 1.807) is 30.3 Å². The molecule has 0 bridgehead atoms. The summed E-state index contributed by atoms with van der Waals surface area (Å²) in [5, 5.41) is 6.03. The number of rotatable bonds is 13. The Labute approximate surface area is 366 Å². The minimum atomic E-state index is -5.20. The SMILES string of the molecule is COc1cc(C(F)(F)F)cc(C(F)(F)F)c1C(=O)NC(c1ccccc1)C1(N2CCCC2)CC1.COc1cc(F)cc(SC)c1C(=O)NC(c1ccccc1)C1(N2CCCC2)CC1. The predicted octanol–water partition coefficient (Wildman–Crippen LogP) is 10.5. The van der Waals surface area contributed by atoms with E-state index in [1.807, 2.05) is 24.5 Å². The Hall–Kier alpha value is -4.80. The first kappa shape index (κ1) is 46.2. The van der Waals surface area contributed by atoms with Gasteiger partial charge in [0.1, 0.15) is 17.3 Å². The van der Waals surface area contributed by atoms with Crippen molar-refractivity contribution in [3.05, 3.63) is 124 Å². The maximum atomic E-state index is 13.9. The maximum absolute atomic E-state index is 13.9. The molecule has 2 N–H and O–H groups in total. The Bertz CT molecular complexity index is 2220. The average molecular weight is 901 g/mol. The van der Waals surface area contributed by atoms with Crippen molar-refractivity contribution in [2.24, 2.45) is 0 Å². The highest BCUT2D eigenvalue weighted by Gasteiger charge is 2.57. The van der Waals surface area contributed by atoms with Crippen LogP contribution in [0.2, 0.25) is 0 Å². The fourth-order valence-electron chi connectivity index (χ4n) is 9.41. The van der Waals surface area contributed by atoms with Crippen molar-refractivity contribution < 1.29 is 49.8 Å². The number of nitrogens with one attached hydrogen (secondary N) is 2. The average Bonchev–Trinajstić information content (AvgIpc) is 4.11. The zero-order chi connectivity index (χ0) is 45.2. The van der Waals surface area contributed by atoms with E-state index in [2.05, 4.69) is 32.6 Å². The minimum Gasteiger partial charge on any atom is -0.496 e. The zero-order valence-corrected chi connectivity index (χ0v) is 36.1. The van der Waals surface area contributed by atoms with Gasteiger partial charge in [0, 0.05) is 22.0 Å². The van der Waals surface area contributed by atoms with Gasteiger partial charge in [-0.2, -0.15) is 26.3 Å². The first-order valence-corrected chi connectivity index (χ1v) is 22.3. The van der Waals surface area contributed by atoms with Crippen LogP contribution in [0.5, 0.6) is 11.5 Å². The number of hydrogen-bond acceptors (Lipinski definition) is 7. The van der Waals surface area contributed by atoms with Crippen LogP contribution in [0, 0.1) is 5.82 Å². The van der Waals surface area contributed by atoms with Gasteiger partial charge in [0.15, 0.2) is 0 Å². The van der Waals surface area contributed by atoms with Crippen molar-refractivity contribution >= 4 is 23.6 Å². The second kappa shape index (κ2) is 18.7. The lowest BCUT2D eigenvalue weighted by Gasteiger charge is -2.36. The van der Waals surface area contributed by atoms with Gasteiger partial charge in [0.25, 0.3) is 11.8 Å². The van der Waals surface area contributed by atoms with Gasteiger partial charge in [-0.3, -0.25) is 19.4 Å². The van der Waals surface area contributed by atoms with E-state index >= 15 is 0 Å². The van der Waals surface area contributed by atoms with Gasteiger partial charge in [-0.05, 0) is 113 Å². The van der Waals surface area contributed by atoms with Crippen LogP contribution in [0.1, 0.15) is 106 Å². The minimum absolute atomic E-state index is 0.0275. The van der Waals surface area contributed by atoms with Crippen LogP contribution in [-0.2, 0) is 12.4 Å². The summed E-state index contributed by atoms with van der Waals surface area (Å²) < 4.78 is 105. The van der Waals surface area contributed by atoms with E-state index in [0.29, 0.717) is 16.5 Å². The normalized spacial score (nSPS) is 19.0. The highest BCUT2D eigenvalue weighted by molar-refractivity contribution is 7.98. The molecule has 338 valence electrons. The number of carbonyl (C=O) groups excluding carboxylic acids is 2. The molecule has 63 heavy (non-hydrogen) atoms. The number of nitrogens with zero attached hydrogens (tertiary/aromatic N) is 2. The van der Waals surface area contributed by atoms with Gasteiger partial charge < -0.3 is 20.1 Å². The number of halogens is 7. The van der Waals surface area contributed by atoms with Crippen molar-refractivity contribution in [2.45, 2.75) is 91.8 Å². The van der Waals surface area contributed by atoms with Crippen LogP contribution in [0.25, 0.3) is 0 Å². The molecule has 2 amide bonds. The third-order valence-electron chi connectivity index (χ3n) is 12.8. The Morgan fingerprint density at radius 3 is 1.44 bits per heavy atom. The van der Waals surface area contributed by atoms with Gasteiger partial charge in [-0.25, -0.2) is 4.39 Å². The molecular formula is C47H51F7N4O4S. The Morgan fingerprint density at radius 2 is 1.06 bits per heavy atom. The summed E-state index contributed by atoms with van der Waals surface area (Å²) in [4.78, 5) is 32.2. The van der Waals surface area contributed by atoms with Crippen LogP contribution in [0.15, 0.2) is 89.8 Å². The number of methoxy groups -OCH3 is 2. The van der Waals surface area contributed by atoms with Crippen molar-refractivity contribution in [1.29, 1.82) is 0 Å². The molecular weight excluding hydrogens is 850 g/mol. The molecule has 4 aromatic carbocycles. The number of amides is 2. The van der Waals surface area contributed by atoms with E-state index in [9.17, 15) is 40.3 Å². The van der Waals surface area contributed by atoms with Crippen LogP contribution in [0.3, 0.4) is 0 Å². The van der Waals surface area contributed by atoms with E-state index < -0.39 is 58.1 Å². The first-order valence-electron chi connectivity index (χ1n) is 21.1. The van der Waals surface area contributed by atoms with Gasteiger partial charge in [-0.15, -0.1) is 11.8 Å². The predicted molar refractivity (Wildman–Crippen MR) is 227 cm³/mol. The Balaban J connectivity index is 0.000000191. The van der Waals surface area contributed by atoms with Crippen LogP contribution in [-0.4, -0.2) is 79.3 Å². The molecule has 0 radical (unpaired) electrons. The van der Waals surface area contributed by atoms with Crippen molar-refractivity contribution in [2.75, 3.05) is 46.7 Å². The van der Waals surface area contributed by atoms with Gasteiger partial charge >= 0.3 is 12.4 Å². The summed E-state index contributed by atoms with van der Waals surface area (Å²) in [6.45, 7) is 3.79. The summed E-state index contributed by atoms with van der Waals surface area (Å²) in [7, 11) is 2.41. The van der Waals surface area contributed by atoms with Crippen molar-refractivity contribution in [3.8, 4) is 11.5 Å². The molecule has 2 saturated heterocycles. The molecule has 4 aliphatic rings. The fraction of sp³-hybridized carbons (Fsp3) is 0.447. The second-order valence-electron chi connectivity index (χ2n) is 16.5. The quantitative estimate of drug-likeness (QED) is 0.102. The summed E-state index contributed by atoms with van der Waals surface area (Å²) >= 11 is 1.35. The molecule has 16 heteroatoms. The number of benzene rings is 4. The van der Waals surface area contributed by atoms with E-state index in [-0.39, 0.29) is 29.3 Å². The monoisotopic (exact) mass is 900 g/mol. The Kier molecular flexibility index (Phi) is 13.7.